The molecular formula is C14H22N2O2. The maximum absolute atomic E-state index is 10.8. The number of benzene rings is 1. The molecule has 0 aliphatic rings. The fourth-order valence-corrected chi connectivity index (χ4v) is 1.89. The van der Waals surface area contributed by atoms with Crippen molar-refractivity contribution in [1.82, 2.24) is 5.32 Å². The third kappa shape index (κ3) is 3.39. The molecule has 4 heteroatoms. The van der Waals surface area contributed by atoms with Gasteiger partial charge >= 0.3 is 6.03 Å². The van der Waals surface area contributed by atoms with Gasteiger partial charge in [-0.15, -0.1) is 0 Å². The zero-order valence-electron chi connectivity index (χ0n) is 11.5. The number of primary amides is 1. The van der Waals surface area contributed by atoms with Crippen LogP contribution in [0.1, 0.15) is 31.9 Å². The molecule has 2 amide bonds. The van der Waals surface area contributed by atoms with E-state index in [1.807, 2.05) is 12.1 Å². The number of urea groups is 1. The van der Waals surface area contributed by atoms with Gasteiger partial charge in [0.05, 0.1) is 7.11 Å². The van der Waals surface area contributed by atoms with Gasteiger partial charge < -0.3 is 15.8 Å². The van der Waals surface area contributed by atoms with Gasteiger partial charge in [-0.1, -0.05) is 32.9 Å². The molecular weight excluding hydrogens is 228 g/mol. The highest BCUT2D eigenvalue weighted by Crippen LogP contribution is 2.28. The minimum atomic E-state index is -0.493. The SMILES string of the molecule is CCc1cc(C(C)(C)CNC(N)=O)ccc1OC. The standard InChI is InChI=1S/C14H22N2O2/c1-5-10-8-11(6-7-12(10)18-4)14(2,3)9-16-13(15)17/h6-8H,5,9H2,1-4H3,(H3,15,16,17). The predicted molar refractivity (Wildman–Crippen MR) is 73.0 cm³/mol. The largest absolute Gasteiger partial charge is 0.496 e. The molecule has 0 fully saturated rings. The molecule has 100 valence electrons. The molecule has 0 unspecified atom stereocenters. The predicted octanol–water partition coefficient (Wildman–Crippen LogP) is 2.20. The Morgan fingerprint density at radius 2 is 2.11 bits per heavy atom. The second kappa shape index (κ2) is 5.76. The minimum Gasteiger partial charge on any atom is -0.496 e. The monoisotopic (exact) mass is 250 g/mol. The van der Waals surface area contributed by atoms with Gasteiger partial charge in [0.25, 0.3) is 0 Å². The first-order valence-electron chi connectivity index (χ1n) is 6.11. The summed E-state index contributed by atoms with van der Waals surface area (Å²) in [5.74, 6) is 0.903. The molecule has 0 spiro atoms. The number of methoxy groups -OCH3 is 1. The van der Waals surface area contributed by atoms with Gasteiger partial charge in [-0.05, 0) is 23.6 Å². The molecule has 1 aromatic carbocycles. The maximum Gasteiger partial charge on any atom is 0.312 e. The zero-order valence-corrected chi connectivity index (χ0v) is 11.5. The molecule has 0 radical (unpaired) electrons. The van der Waals surface area contributed by atoms with Crippen molar-refractivity contribution >= 4 is 6.03 Å². The molecule has 0 aromatic heterocycles. The van der Waals surface area contributed by atoms with E-state index in [1.54, 1.807) is 7.11 Å². The van der Waals surface area contributed by atoms with Crippen LogP contribution >= 0.6 is 0 Å². The van der Waals surface area contributed by atoms with Crippen molar-refractivity contribution in [2.24, 2.45) is 5.73 Å². The highest BCUT2D eigenvalue weighted by Gasteiger charge is 2.22. The number of aryl methyl sites for hydroxylation is 1. The summed E-state index contributed by atoms with van der Waals surface area (Å²) >= 11 is 0. The van der Waals surface area contributed by atoms with Crippen LogP contribution in [0, 0.1) is 0 Å². The van der Waals surface area contributed by atoms with Gasteiger partial charge in [0.15, 0.2) is 0 Å². The minimum absolute atomic E-state index is 0.161. The Morgan fingerprint density at radius 1 is 1.44 bits per heavy atom. The van der Waals surface area contributed by atoms with Crippen LogP contribution in [-0.4, -0.2) is 19.7 Å². The summed E-state index contributed by atoms with van der Waals surface area (Å²) in [6.45, 7) is 6.75. The first-order valence-corrected chi connectivity index (χ1v) is 6.11. The molecule has 0 aliphatic carbocycles. The van der Waals surface area contributed by atoms with Crippen molar-refractivity contribution in [1.29, 1.82) is 0 Å². The second-order valence-electron chi connectivity index (χ2n) is 4.98. The van der Waals surface area contributed by atoms with E-state index in [2.05, 4.69) is 32.2 Å². The van der Waals surface area contributed by atoms with Crippen LogP contribution in [-0.2, 0) is 11.8 Å². The normalized spacial score (nSPS) is 11.1. The summed E-state index contributed by atoms with van der Waals surface area (Å²) in [6.07, 6.45) is 0.913. The lowest BCUT2D eigenvalue weighted by atomic mass is 9.83. The summed E-state index contributed by atoms with van der Waals surface area (Å²) in [7, 11) is 1.67. The lowest BCUT2D eigenvalue weighted by Gasteiger charge is -2.26. The van der Waals surface area contributed by atoms with Crippen molar-refractivity contribution in [2.45, 2.75) is 32.6 Å². The lowest BCUT2D eigenvalue weighted by Crippen LogP contribution is -2.39. The van der Waals surface area contributed by atoms with Gasteiger partial charge in [-0.3, -0.25) is 0 Å². The second-order valence-corrected chi connectivity index (χ2v) is 4.98. The molecule has 0 saturated carbocycles. The number of hydrogen-bond donors (Lipinski definition) is 2. The molecule has 4 nitrogen and oxygen atoms in total. The molecule has 1 aromatic rings. The van der Waals surface area contributed by atoms with Crippen LogP contribution in [0.5, 0.6) is 5.75 Å². The number of nitrogens with one attached hydrogen (secondary N) is 1. The van der Waals surface area contributed by atoms with E-state index in [9.17, 15) is 4.79 Å². The number of carbonyl (C=O) groups excluding carboxylic acids is 1. The van der Waals surface area contributed by atoms with Crippen molar-refractivity contribution in [2.75, 3.05) is 13.7 Å². The lowest BCUT2D eigenvalue weighted by molar-refractivity contribution is 0.246. The fraction of sp³-hybridized carbons (Fsp3) is 0.500. The van der Waals surface area contributed by atoms with Crippen LogP contribution < -0.4 is 15.8 Å². The molecule has 0 heterocycles. The average Bonchev–Trinajstić information content (AvgIpc) is 2.35. The van der Waals surface area contributed by atoms with E-state index >= 15 is 0 Å². The number of ether oxygens (including phenoxy) is 1. The number of carbonyl (C=O) groups is 1. The molecule has 0 atom stereocenters. The van der Waals surface area contributed by atoms with Gasteiger partial charge in [-0.2, -0.15) is 0 Å². The Hall–Kier alpha value is -1.71. The van der Waals surface area contributed by atoms with Crippen LogP contribution in [0.15, 0.2) is 18.2 Å². The van der Waals surface area contributed by atoms with Crippen LogP contribution in [0.2, 0.25) is 0 Å². The Kier molecular flexibility index (Phi) is 4.59. The number of hydrogen-bond acceptors (Lipinski definition) is 2. The Labute approximate surface area is 109 Å². The van der Waals surface area contributed by atoms with Gasteiger partial charge in [0, 0.05) is 12.0 Å². The quantitative estimate of drug-likeness (QED) is 0.841. The van der Waals surface area contributed by atoms with Crippen LogP contribution in [0.4, 0.5) is 4.79 Å². The summed E-state index contributed by atoms with van der Waals surface area (Å²) in [5.41, 5.74) is 7.28. The highest BCUT2D eigenvalue weighted by atomic mass is 16.5. The zero-order chi connectivity index (χ0) is 13.8. The summed E-state index contributed by atoms with van der Waals surface area (Å²) in [5, 5.41) is 2.66. The first kappa shape index (κ1) is 14.4. The van der Waals surface area contributed by atoms with E-state index in [4.69, 9.17) is 10.5 Å². The third-order valence-electron chi connectivity index (χ3n) is 3.15. The molecule has 0 bridgehead atoms. The number of rotatable bonds is 5. The maximum atomic E-state index is 10.8. The Morgan fingerprint density at radius 3 is 2.61 bits per heavy atom. The first-order chi connectivity index (χ1) is 8.40. The topological polar surface area (TPSA) is 64.3 Å². The van der Waals surface area contributed by atoms with Crippen LogP contribution in [0.3, 0.4) is 0 Å². The van der Waals surface area contributed by atoms with Crippen LogP contribution in [0.25, 0.3) is 0 Å². The highest BCUT2D eigenvalue weighted by molar-refractivity contribution is 5.71. The van der Waals surface area contributed by atoms with E-state index in [0.717, 1.165) is 17.7 Å². The third-order valence-corrected chi connectivity index (χ3v) is 3.15. The Bertz CT molecular complexity index is 428. The smallest absolute Gasteiger partial charge is 0.312 e. The van der Waals surface area contributed by atoms with E-state index in [1.165, 1.54) is 5.56 Å². The molecule has 0 saturated heterocycles. The number of nitrogens with two attached hydrogens (primary N) is 1. The van der Waals surface area contributed by atoms with Crippen molar-refractivity contribution in [3.63, 3.8) is 0 Å². The van der Waals surface area contributed by atoms with Crippen molar-refractivity contribution in [3.05, 3.63) is 29.3 Å². The Balaban J connectivity index is 2.97. The number of amides is 2. The molecule has 18 heavy (non-hydrogen) atoms. The van der Waals surface area contributed by atoms with E-state index < -0.39 is 6.03 Å². The van der Waals surface area contributed by atoms with Crippen molar-refractivity contribution in [3.8, 4) is 5.75 Å². The van der Waals surface area contributed by atoms with E-state index in [-0.39, 0.29) is 5.41 Å². The summed E-state index contributed by atoms with van der Waals surface area (Å²) in [6, 6.07) is 5.63. The van der Waals surface area contributed by atoms with Gasteiger partial charge in [0.2, 0.25) is 0 Å². The van der Waals surface area contributed by atoms with Crippen molar-refractivity contribution < 1.29 is 9.53 Å². The summed E-state index contributed by atoms with van der Waals surface area (Å²) < 4.78 is 5.31. The van der Waals surface area contributed by atoms with Gasteiger partial charge in [-0.25, -0.2) is 4.79 Å². The van der Waals surface area contributed by atoms with E-state index in [0.29, 0.717) is 6.54 Å². The molecule has 0 aliphatic heterocycles. The fourth-order valence-electron chi connectivity index (χ4n) is 1.89. The summed E-state index contributed by atoms with van der Waals surface area (Å²) in [4.78, 5) is 10.8. The van der Waals surface area contributed by atoms with Gasteiger partial charge in [0.1, 0.15) is 5.75 Å². The average molecular weight is 250 g/mol. The molecule has 1 rings (SSSR count). The molecule has 3 N–H and O–H groups in total.